The van der Waals surface area contributed by atoms with Crippen LogP contribution >= 0.6 is 0 Å². The van der Waals surface area contributed by atoms with Crippen molar-refractivity contribution in [2.75, 3.05) is 0 Å². The summed E-state index contributed by atoms with van der Waals surface area (Å²) < 4.78 is 80.0. The van der Waals surface area contributed by atoms with Gasteiger partial charge in [0.2, 0.25) is 0 Å². The van der Waals surface area contributed by atoms with Crippen molar-refractivity contribution in [3.8, 4) is 28.2 Å². The van der Waals surface area contributed by atoms with Crippen LogP contribution in [0.25, 0.3) is 28.2 Å². The number of hydrogen-bond donors (Lipinski definition) is 0. The molecule has 4 aromatic rings. The van der Waals surface area contributed by atoms with E-state index >= 15 is 0 Å². The molecule has 4 rings (SSSR count). The normalized spacial score (nSPS) is 12.2. The van der Waals surface area contributed by atoms with Crippen molar-refractivity contribution in [1.29, 1.82) is 0 Å². The molecule has 2 aromatic carbocycles. The summed E-state index contributed by atoms with van der Waals surface area (Å²) in [5.41, 5.74) is -0.447. The Bertz CT molecular complexity index is 1190. The Hall–Kier alpha value is -3.62. The summed E-state index contributed by atoms with van der Waals surface area (Å²) in [6, 6.07) is 15.1. The molecule has 0 aliphatic carbocycles. The zero-order valence-corrected chi connectivity index (χ0v) is 15.6. The minimum absolute atomic E-state index is 0.0561. The molecular formula is C22H13F6N3. The Kier molecular flexibility index (Phi) is 5.04. The molecule has 9 heteroatoms. The second kappa shape index (κ2) is 7.57. The highest BCUT2D eigenvalue weighted by molar-refractivity contribution is 5.66. The van der Waals surface area contributed by atoms with Crippen LogP contribution in [0.5, 0.6) is 0 Å². The first-order chi connectivity index (χ1) is 14.6. The van der Waals surface area contributed by atoms with Crippen LogP contribution in [-0.2, 0) is 12.4 Å². The molecule has 0 atom stereocenters. The maximum absolute atomic E-state index is 13.4. The van der Waals surface area contributed by atoms with Gasteiger partial charge in [-0.1, -0.05) is 42.5 Å². The summed E-state index contributed by atoms with van der Waals surface area (Å²) in [7, 11) is 0. The number of pyridine rings is 1. The highest BCUT2D eigenvalue weighted by atomic mass is 19.4. The second-order valence-electron chi connectivity index (χ2n) is 6.70. The quantitative estimate of drug-likeness (QED) is 0.339. The Morgan fingerprint density at radius 1 is 0.677 bits per heavy atom. The maximum Gasteiger partial charge on any atom is 0.433 e. The van der Waals surface area contributed by atoms with E-state index in [-0.39, 0.29) is 16.9 Å². The van der Waals surface area contributed by atoms with E-state index in [9.17, 15) is 26.3 Å². The highest BCUT2D eigenvalue weighted by Gasteiger charge is 2.34. The maximum atomic E-state index is 13.4. The van der Waals surface area contributed by atoms with Crippen molar-refractivity contribution in [3.63, 3.8) is 0 Å². The first-order valence-electron chi connectivity index (χ1n) is 8.98. The third-order valence-electron chi connectivity index (χ3n) is 4.56. The van der Waals surface area contributed by atoms with E-state index in [0.29, 0.717) is 5.69 Å². The van der Waals surface area contributed by atoms with Crippen LogP contribution in [0, 0.1) is 0 Å². The molecule has 0 saturated carbocycles. The Morgan fingerprint density at radius 3 is 1.97 bits per heavy atom. The van der Waals surface area contributed by atoms with E-state index in [0.717, 1.165) is 35.9 Å². The lowest BCUT2D eigenvalue weighted by molar-refractivity contribution is -0.141. The number of imidazole rings is 1. The number of alkyl halides is 6. The monoisotopic (exact) mass is 433 g/mol. The van der Waals surface area contributed by atoms with Gasteiger partial charge in [0.05, 0.1) is 11.3 Å². The molecule has 2 heterocycles. The number of benzene rings is 2. The molecule has 0 spiro atoms. The number of hydrogen-bond acceptors (Lipinski definition) is 2. The van der Waals surface area contributed by atoms with Gasteiger partial charge in [0.15, 0.2) is 0 Å². The predicted octanol–water partition coefficient (Wildman–Crippen LogP) is 6.64. The van der Waals surface area contributed by atoms with Gasteiger partial charge in [0, 0.05) is 11.8 Å². The average Bonchev–Trinajstić information content (AvgIpc) is 3.23. The van der Waals surface area contributed by atoms with E-state index in [2.05, 4.69) is 9.97 Å². The van der Waals surface area contributed by atoms with Crippen LogP contribution in [-0.4, -0.2) is 14.5 Å². The van der Waals surface area contributed by atoms with Gasteiger partial charge in [0.25, 0.3) is 0 Å². The summed E-state index contributed by atoms with van der Waals surface area (Å²) in [6.45, 7) is 0. The molecule has 0 aliphatic rings. The van der Waals surface area contributed by atoms with Crippen molar-refractivity contribution in [3.05, 3.63) is 90.5 Å². The van der Waals surface area contributed by atoms with Crippen LogP contribution in [0.3, 0.4) is 0 Å². The summed E-state index contributed by atoms with van der Waals surface area (Å²) in [5.74, 6) is -0.0561. The molecule has 0 radical (unpaired) electrons. The van der Waals surface area contributed by atoms with Gasteiger partial charge < -0.3 is 0 Å². The van der Waals surface area contributed by atoms with Crippen molar-refractivity contribution in [1.82, 2.24) is 14.5 Å². The fourth-order valence-corrected chi connectivity index (χ4v) is 3.02. The lowest BCUT2D eigenvalue weighted by Gasteiger charge is -2.13. The van der Waals surface area contributed by atoms with E-state index < -0.39 is 23.6 Å². The van der Waals surface area contributed by atoms with Crippen LogP contribution in [0.2, 0.25) is 0 Å². The van der Waals surface area contributed by atoms with E-state index in [4.69, 9.17) is 0 Å². The summed E-state index contributed by atoms with van der Waals surface area (Å²) >= 11 is 0. The Morgan fingerprint density at radius 2 is 1.35 bits per heavy atom. The summed E-state index contributed by atoms with van der Waals surface area (Å²) in [5, 5.41) is 0. The molecule has 0 amide bonds. The van der Waals surface area contributed by atoms with Crippen LogP contribution in [0.4, 0.5) is 26.3 Å². The lowest BCUT2D eigenvalue weighted by atomic mass is 10.0. The molecule has 2 aromatic heterocycles. The Labute approximate surface area is 172 Å². The van der Waals surface area contributed by atoms with Gasteiger partial charge in [-0.15, -0.1) is 0 Å². The molecule has 0 aliphatic heterocycles. The minimum Gasteiger partial charge on any atom is -0.290 e. The highest BCUT2D eigenvalue weighted by Crippen LogP contribution is 2.34. The third-order valence-corrected chi connectivity index (χ3v) is 4.56. The largest absolute Gasteiger partial charge is 0.433 e. The topological polar surface area (TPSA) is 30.7 Å². The van der Waals surface area contributed by atoms with E-state index in [1.165, 1.54) is 23.2 Å². The number of rotatable bonds is 3. The standard InChI is InChI=1S/C22H13F6N3/c23-21(24,25)17-8-6-14(7-9-17)16-10-19(22(26,27)28)30-20(11-16)31-12-18(29-13-31)15-4-2-1-3-5-15/h1-13H. The zero-order chi connectivity index (χ0) is 22.2. The smallest absolute Gasteiger partial charge is 0.290 e. The number of nitrogens with zero attached hydrogens (tertiary/aromatic N) is 3. The fraction of sp³-hybridized carbons (Fsp3) is 0.0909. The van der Waals surface area contributed by atoms with Crippen molar-refractivity contribution < 1.29 is 26.3 Å². The van der Waals surface area contributed by atoms with Crippen molar-refractivity contribution >= 4 is 0 Å². The van der Waals surface area contributed by atoms with Gasteiger partial charge in [0.1, 0.15) is 17.8 Å². The third kappa shape index (κ3) is 4.45. The number of aromatic nitrogens is 3. The molecule has 0 fully saturated rings. The first kappa shape index (κ1) is 20.6. The van der Waals surface area contributed by atoms with E-state index in [1.807, 2.05) is 6.07 Å². The Balaban J connectivity index is 1.78. The molecule has 0 unspecified atom stereocenters. The summed E-state index contributed by atoms with van der Waals surface area (Å²) in [6.07, 6.45) is -6.40. The molecule has 0 saturated heterocycles. The van der Waals surface area contributed by atoms with Crippen LogP contribution in [0.15, 0.2) is 79.3 Å². The van der Waals surface area contributed by atoms with Gasteiger partial charge >= 0.3 is 12.4 Å². The molecular weight excluding hydrogens is 420 g/mol. The van der Waals surface area contributed by atoms with Gasteiger partial charge in [-0.2, -0.15) is 26.3 Å². The average molecular weight is 433 g/mol. The predicted molar refractivity (Wildman–Crippen MR) is 102 cm³/mol. The minimum atomic E-state index is -4.74. The van der Waals surface area contributed by atoms with Gasteiger partial charge in [-0.05, 0) is 35.4 Å². The molecule has 31 heavy (non-hydrogen) atoms. The van der Waals surface area contributed by atoms with Crippen molar-refractivity contribution in [2.45, 2.75) is 12.4 Å². The first-order valence-corrected chi connectivity index (χ1v) is 8.98. The fourth-order valence-electron chi connectivity index (χ4n) is 3.02. The SMILES string of the molecule is FC(F)(F)c1ccc(-c2cc(-n3cnc(-c4ccccc4)c3)nc(C(F)(F)F)c2)cc1. The van der Waals surface area contributed by atoms with Crippen LogP contribution < -0.4 is 0 Å². The molecule has 158 valence electrons. The van der Waals surface area contributed by atoms with Crippen LogP contribution in [0.1, 0.15) is 11.3 Å². The molecule has 0 bridgehead atoms. The van der Waals surface area contributed by atoms with Gasteiger partial charge in [-0.25, -0.2) is 9.97 Å². The van der Waals surface area contributed by atoms with Gasteiger partial charge in [-0.3, -0.25) is 4.57 Å². The van der Waals surface area contributed by atoms with E-state index in [1.54, 1.807) is 24.3 Å². The second-order valence-corrected chi connectivity index (χ2v) is 6.70. The molecule has 3 nitrogen and oxygen atoms in total. The summed E-state index contributed by atoms with van der Waals surface area (Å²) in [4.78, 5) is 7.89. The van der Waals surface area contributed by atoms with Crippen molar-refractivity contribution in [2.24, 2.45) is 0 Å². The lowest BCUT2D eigenvalue weighted by Crippen LogP contribution is -2.10. The number of halogens is 6. The zero-order valence-electron chi connectivity index (χ0n) is 15.6. The molecule has 0 N–H and O–H groups in total.